The van der Waals surface area contributed by atoms with Crippen molar-refractivity contribution < 1.29 is 4.74 Å². The summed E-state index contributed by atoms with van der Waals surface area (Å²) in [5, 5.41) is 0. The van der Waals surface area contributed by atoms with Crippen LogP contribution in [0.4, 0.5) is 0 Å². The van der Waals surface area contributed by atoms with Gasteiger partial charge in [0.15, 0.2) is 0 Å². The van der Waals surface area contributed by atoms with E-state index in [1.54, 1.807) is 0 Å². The second-order valence-corrected chi connectivity index (χ2v) is 4.56. The van der Waals surface area contributed by atoms with E-state index in [4.69, 9.17) is 10.6 Å². The summed E-state index contributed by atoms with van der Waals surface area (Å²) in [6.45, 7) is 7.43. The Kier molecular flexibility index (Phi) is 3.09. The van der Waals surface area contributed by atoms with Crippen molar-refractivity contribution in [1.82, 2.24) is 5.43 Å². The summed E-state index contributed by atoms with van der Waals surface area (Å²) in [4.78, 5) is 0. The van der Waals surface area contributed by atoms with Gasteiger partial charge in [-0.1, -0.05) is 20.8 Å². The van der Waals surface area contributed by atoms with E-state index in [9.17, 15) is 0 Å². The second kappa shape index (κ2) is 3.73. The van der Waals surface area contributed by atoms with Crippen LogP contribution in [0.2, 0.25) is 0 Å². The van der Waals surface area contributed by atoms with E-state index >= 15 is 0 Å². The van der Waals surface area contributed by atoms with Crippen molar-refractivity contribution in [3.8, 4) is 0 Å². The molecule has 0 aromatic rings. The van der Waals surface area contributed by atoms with E-state index in [0.717, 1.165) is 13.0 Å². The van der Waals surface area contributed by atoms with Crippen LogP contribution in [0.5, 0.6) is 0 Å². The van der Waals surface area contributed by atoms with E-state index in [1.807, 2.05) is 0 Å². The van der Waals surface area contributed by atoms with Crippen LogP contribution in [0, 0.1) is 5.41 Å². The Hall–Kier alpha value is -0.120. The van der Waals surface area contributed by atoms with Gasteiger partial charge in [-0.3, -0.25) is 11.3 Å². The van der Waals surface area contributed by atoms with Gasteiger partial charge in [-0.25, -0.2) is 0 Å². The van der Waals surface area contributed by atoms with Crippen molar-refractivity contribution in [1.29, 1.82) is 0 Å². The van der Waals surface area contributed by atoms with Gasteiger partial charge in [0.05, 0.1) is 12.1 Å². The second-order valence-electron chi connectivity index (χ2n) is 4.56. The van der Waals surface area contributed by atoms with E-state index in [2.05, 4.69) is 26.2 Å². The summed E-state index contributed by atoms with van der Waals surface area (Å²) in [5.74, 6) is 5.51. The third-order valence-electron chi connectivity index (χ3n) is 2.45. The molecule has 3 heteroatoms. The molecular weight excluding hydrogens is 152 g/mol. The maximum absolute atomic E-state index is 5.59. The van der Waals surface area contributed by atoms with E-state index in [-0.39, 0.29) is 11.5 Å². The first-order chi connectivity index (χ1) is 5.55. The summed E-state index contributed by atoms with van der Waals surface area (Å²) in [6.07, 6.45) is 2.60. The molecule has 2 unspecified atom stereocenters. The molecule has 0 aliphatic carbocycles. The SMILES string of the molecule is CC(C)(C)C(NN)C1CCCO1. The molecule has 1 saturated heterocycles. The minimum Gasteiger partial charge on any atom is -0.377 e. The molecule has 1 fully saturated rings. The van der Waals surface area contributed by atoms with E-state index in [0.29, 0.717) is 6.10 Å². The fourth-order valence-electron chi connectivity index (χ4n) is 1.78. The molecule has 0 bridgehead atoms. The fourth-order valence-corrected chi connectivity index (χ4v) is 1.78. The van der Waals surface area contributed by atoms with Crippen LogP contribution >= 0.6 is 0 Å². The zero-order valence-corrected chi connectivity index (χ0v) is 8.26. The van der Waals surface area contributed by atoms with Gasteiger partial charge in [-0.05, 0) is 18.3 Å². The highest BCUT2D eigenvalue weighted by Crippen LogP contribution is 2.27. The lowest BCUT2D eigenvalue weighted by Gasteiger charge is -2.33. The topological polar surface area (TPSA) is 47.3 Å². The van der Waals surface area contributed by atoms with Gasteiger partial charge in [0, 0.05) is 6.61 Å². The van der Waals surface area contributed by atoms with E-state index in [1.165, 1.54) is 6.42 Å². The smallest absolute Gasteiger partial charge is 0.0747 e. The molecule has 12 heavy (non-hydrogen) atoms. The quantitative estimate of drug-likeness (QED) is 0.483. The van der Waals surface area contributed by atoms with Crippen molar-refractivity contribution in [2.24, 2.45) is 11.3 Å². The number of hydrazine groups is 1. The van der Waals surface area contributed by atoms with Crippen molar-refractivity contribution in [2.75, 3.05) is 6.61 Å². The first-order valence-corrected chi connectivity index (χ1v) is 4.63. The van der Waals surface area contributed by atoms with Crippen LogP contribution in [-0.2, 0) is 4.74 Å². The fraction of sp³-hybridized carbons (Fsp3) is 1.00. The average molecular weight is 172 g/mol. The van der Waals surface area contributed by atoms with Gasteiger partial charge >= 0.3 is 0 Å². The lowest BCUT2D eigenvalue weighted by Crippen LogP contribution is -2.51. The summed E-state index contributed by atoms with van der Waals surface area (Å²) in [7, 11) is 0. The van der Waals surface area contributed by atoms with E-state index < -0.39 is 0 Å². The maximum Gasteiger partial charge on any atom is 0.0747 e. The highest BCUT2D eigenvalue weighted by atomic mass is 16.5. The molecule has 0 aromatic carbocycles. The lowest BCUT2D eigenvalue weighted by atomic mass is 9.83. The van der Waals surface area contributed by atoms with Gasteiger partial charge in [0.25, 0.3) is 0 Å². The van der Waals surface area contributed by atoms with Crippen molar-refractivity contribution in [3.63, 3.8) is 0 Å². The van der Waals surface area contributed by atoms with Gasteiger partial charge in [0.1, 0.15) is 0 Å². The Morgan fingerprint density at radius 2 is 2.17 bits per heavy atom. The zero-order valence-electron chi connectivity index (χ0n) is 8.26. The maximum atomic E-state index is 5.59. The van der Waals surface area contributed by atoms with Crippen LogP contribution in [0.1, 0.15) is 33.6 Å². The number of nitrogens with two attached hydrogens (primary N) is 1. The van der Waals surface area contributed by atoms with Gasteiger partial charge in [-0.2, -0.15) is 0 Å². The Morgan fingerprint density at radius 3 is 2.50 bits per heavy atom. The largest absolute Gasteiger partial charge is 0.377 e. The van der Waals surface area contributed by atoms with Crippen LogP contribution in [0.3, 0.4) is 0 Å². The van der Waals surface area contributed by atoms with Gasteiger partial charge in [-0.15, -0.1) is 0 Å². The lowest BCUT2D eigenvalue weighted by molar-refractivity contribution is 0.0395. The molecule has 72 valence electrons. The molecule has 1 aliphatic rings. The highest BCUT2D eigenvalue weighted by Gasteiger charge is 2.33. The first kappa shape index (κ1) is 9.96. The van der Waals surface area contributed by atoms with Gasteiger partial charge in [0.2, 0.25) is 0 Å². The molecule has 0 aromatic heterocycles. The Morgan fingerprint density at radius 1 is 1.50 bits per heavy atom. The third kappa shape index (κ3) is 2.19. The van der Waals surface area contributed by atoms with Crippen molar-refractivity contribution in [3.05, 3.63) is 0 Å². The molecule has 3 nitrogen and oxygen atoms in total. The van der Waals surface area contributed by atoms with Crippen LogP contribution in [0.25, 0.3) is 0 Å². The number of hydrogen-bond acceptors (Lipinski definition) is 3. The molecule has 2 atom stereocenters. The molecule has 0 spiro atoms. The molecule has 1 heterocycles. The Labute approximate surface area is 74.6 Å². The summed E-state index contributed by atoms with van der Waals surface area (Å²) in [5.41, 5.74) is 3.03. The highest BCUT2D eigenvalue weighted by molar-refractivity contribution is 4.87. The number of rotatable bonds is 2. The normalized spacial score (nSPS) is 27.5. The molecule has 0 radical (unpaired) electrons. The number of nitrogens with one attached hydrogen (secondary N) is 1. The average Bonchev–Trinajstić information content (AvgIpc) is 2.38. The predicted octanol–water partition coefficient (Wildman–Crippen LogP) is 1.04. The Balaban J connectivity index is 2.54. The Bertz CT molecular complexity index is 136. The zero-order chi connectivity index (χ0) is 9.19. The minimum absolute atomic E-state index is 0.170. The third-order valence-corrected chi connectivity index (χ3v) is 2.45. The number of hydrogen-bond donors (Lipinski definition) is 2. The molecule has 0 saturated carbocycles. The van der Waals surface area contributed by atoms with Crippen LogP contribution < -0.4 is 11.3 Å². The summed E-state index contributed by atoms with van der Waals surface area (Å²) in [6, 6.07) is 0.264. The molecule has 1 rings (SSSR count). The minimum atomic E-state index is 0.170. The van der Waals surface area contributed by atoms with Crippen LogP contribution in [-0.4, -0.2) is 18.8 Å². The van der Waals surface area contributed by atoms with Crippen molar-refractivity contribution >= 4 is 0 Å². The van der Waals surface area contributed by atoms with Gasteiger partial charge < -0.3 is 4.74 Å². The predicted molar refractivity (Wildman–Crippen MR) is 49.5 cm³/mol. The standard InChI is InChI=1S/C9H20N2O/c1-9(2,3)8(11-10)7-5-4-6-12-7/h7-8,11H,4-6,10H2,1-3H3. The summed E-state index contributed by atoms with van der Waals surface area (Å²) < 4.78 is 5.59. The molecule has 3 N–H and O–H groups in total. The monoisotopic (exact) mass is 172 g/mol. The molecule has 0 amide bonds. The van der Waals surface area contributed by atoms with Crippen molar-refractivity contribution in [2.45, 2.75) is 45.8 Å². The molecular formula is C9H20N2O. The number of ether oxygens (including phenoxy) is 1. The molecule has 1 aliphatic heterocycles. The van der Waals surface area contributed by atoms with Crippen LogP contribution in [0.15, 0.2) is 0 Å². The summed E-state index contributed by atoms with van der Waals surface area (Å²) >= 11 is 0. The first-order valence-electron chi connectivity index (χ1n) is 4.63.